The molecule has 25 heavy (non-hydrogen) atoms. The fraction of sp³-hybridized carbons (Fsp3) is 0.389. The molecule has 1 fully saturated rings. The molecule has 0 saturated carbocycles. The molecule has 1 saturated heterocycles. The van der Waals surface area contributed by atoms with Gasteiger partial charge >= 0.3 is 5.97 Å². The molecule has 7 heteroatoms. The van der Waals surface area contributed by atoms with Crippen LogP contribution in [0.15, 0.2) is 42.7 Å². The predicted octanol–water partition coefficient (Wildman–Crippen LogP) is 2.62. The Kier molecular flexibility index (Phi) is 4.85. The smallest absolute Gasteiger partial charge is 0.335 e. The van der Waals surface area contributed by atoms with E-state index in [2.05, 4.69) is 27.1 Å². The average molecular weight is 342 g/mol. The highest BCUT2D eigenvalue weighted by molar-refractivity contribution is 5.88. The lowest BCUT2D eigenvalue weighted by molar-refractivity contribution is 0.0283. The van der Waals surface area contributed by atoms with Gasteiger partial charge in [0.15, 0.2) is 0 Å². The van der Waals surface area contributed by atoms with Crippen molar-refractivity contribution in [1.82, 2.24) is 9.97 Å². The SMILES string of the molecule is CO[C@@H]1CCCN(c2ccc(C(=O)O)cc2)[C@@]1(C)Nc1ncccn1. The van der Waals surface area contributed by atoms with E-state index in [4.69, 9.17) is 9.84 Å². The maximum Gasteiger partial charge on any atom is 0.335 e. The maximum atomic E-state index is 11.1. The highest BCUT2D eigenvalue weighted by Crippen LogP contribution is 2.35. The average Bonchev–Trinajstić information content (AvgIpc) is 2.62. The van der Waals surface area contributed by atoms with Crippen LogP contribution in [0.5, 0.6) is 0 Å². The first-order valence-corrected chi connectivity index (χ1v) is 8.23. The minimum atomic E-state index is -0.932. The van der Waals surface area contributed by atoms with E-state index in [0.717, 1.165) is 25.1 Å². The number of nitrogens with zero attached hydrogens (tertiary/aromatic N) is 3. The van der Waals surface area contributed by atoms with Gasteiger partial charge < -0.3 is 20.1 Å². The van der Waals surface area contributed by atoms with Gasteiger partial charge in [-0.2, -0.15) is 0 Å². The number of benzene rings is 1. The number of aromatic nitrogens is 2. The first kappa shape index (κ1) is 17.2. The van der Waals surface area contributed by atoms with Crippen LogP contribution in [0.4, 0.5) is 11.6 Å². The number of carbonyl (C=O) groups is 1. The highest BCUT2D eigenvalue weighted by atomic mass is 16.5. The summed E-state index contributed by atoms with van der Waals surface area (Å²) in [6.45, 7) is 2.88. The second-order valence-electron chi connectivity index (χ2n) is 6.22. The summed E-state index contributed by atoms with van der Waals surface area (Å²) in [5.74, 6) is -0.403. The molecule has 0 amide bonds. The lowest BCUT2D eigenvalue weighted by atomic mass is 9.92. The molecule has 0 unspecified atom stereocenters. The van der Waals surface area contributed by atoms with Crippen molar-refractivity contribution >= 4 is 17.6 Å². The second-order valence-corrected chi connectivity index (χ2v) is 6.22. The lowest BCUT2D eigenvalue weighted by Gasteiger charge is -2.50. The minimum absolute atomic E-state index is 0.0655. The number of methoxy groups -OCH3 is 1. The molecule has 0 bridgehead atoms. The van der Waals surface area contributed by atoms with E-state index in [9.17, 15) is 4.79 Å². The zero-order chi connectivity index (χ0) is 17.9. The van der Waals surface area contributed by atoms with Crippen molar-refractivity contribution in [2.24, 2.45) is 0 Å². The highest BCUT2D eigenvalue weighted by Gasteiger charge is 2.43. The lowest BCUT2D eigenvalue weighted by Crippen LogP contribution is -2.64. The van der Waals surface area contributed by atoms with E-state index in [0.29, 0.717) is 5.95 Å². The molecule has 2 atom stereocenters. The zero-order valence-corrected chi connectivity index (χ0v) is 14.3. The summed E-state index contributed by atoms with van der Waals surface area (Å²) in [7, 11) is 1.70. The minimum Gasteiger partial charge on any atom is -0.478 e. The molecule has 2 N–H and O–H groups in total. The summed E-state index contributed by atoms with van der Waals surface area (Å²) < 4.78 is 5.74. The molecule has 0 spiro atoms. The number of aromatic carboxylic acids is 1. The molecular weight excluding hydrogens is 320 g/mol. The molecule has 2 heterocycles. The van der Waals surface area contributed by atoms with Gasteiger partial charge in [0.1, 0.15) is 5.66 Å². The number of hydrogen-bond donors (Lipinski definition) is 2. The fourth-order valence-electron chi connectivity index (χ4n) is 3.39. The van der Waals surface area contributed by atoms with Gasteiger partial charge in [0, 0.05) is 31.7 Å². The van der Waals surface area contributed by atoms with Crippen molar-refractivity contribution in [3.63, 3.8) is 0 Å². The van der Waals surface area contributed by atoms with E-state index in [1.807, 2.05) is 12.1 Å². The molecule has 1 aromatic heterocycles. The zero-order valence-electron chi connectivity index (χ0n) is 14.3. The largest absolute Gasteiger partial charge is 0.478 e. The van der Waals surface area contributed by atoms with Crippen molar-refractivity contribution in [3.05, 3.63) is 48.3 Å². The first-order valence-electron chi connectivity index (χ1n) is 8.23. The number of hydrogen-bond acceptors (Lipinski definition) is 6. The van der Waals surface area contributed by atoms with Crippen molar-refractivity contribution in [3.8, 4) is 0 Å². The third kappa shape index (κ3) is 3.41. The number of piperidine rings is 1. The van der Waals surface area contributed by atoms with E-state index >= 15 is 0 Å². The Hall–Kier alpha value is -2.67. The van der Waals surface area contributed by atoms with Crippen LogP contribution in [0.25, 0.3) is 0 Å². The maximum absolute atomic E-state index is 11.1. The quantitative estimate of drug-likeness (QED) is 0.863. The fourth-order valence-corrected chi connectivity index (χ4v) is 3.39. The van der Waals surface area contributed by atoms with E-state index in [1.165, 1.54) is 0 Å². The molecule has 0 radical (unpaired) electrons. The molecular formula is C18H22N4O3. The molecule has 1 aliphatic heterocycles. The van der Waals surface area contributed by atoms with Crippen molar-refractivity contribution < 1.29 is 14.6 Å². The number of anilines is 2. The van der Waals surface area contributed by atoms with Gasteiger partial charge in [-0.25, -0.2) is 14.8 Å². The molecule has 132 valence electrons. The topological polar surface area (TPSA) is 87.6 Å². The Morgan fingerprint density at radius 1 is 1.32 bits per heavy atom. The standard InChI is InChI=1S/C18H22N4O3/c1-18(21-17-19-10-4-11-20-17)15(25-2)5-3-12-22(18)14-8-6-13(7-9-14)16(23)24/h4,6-11,15H,3,5,12H2,1-2H3,(H,23,24)(H,19,20,21)/t15-,18-/m1/s1. The summed E-state index contributed by atoms with van der Waals surface area (Å²) in [6, 6.07) is 8.66. The van der Waals surface area contributed by atoms with E-state index < -0.39 is 11.6 Å². The van der Waals surface area contributed by atoms with Crippen LogP contribution in [-0.4, -0.2) is 46.5 Å². The molecule has 1 aromatic carbocycles. The number of nitrogens with one attached hydrogen (secondary N) is 1. The van der Waals surface area contributed by atoms with Crippen molar-refractivity contribution in [1.29, 1.82) is 0 Å². The van der Waals surface area contributed by atoms with Gasteiger partial charge in [0.25, 0.3) is 0 Å². The summed E-state index contributed by atoms with van der Waals surface area (Å²) >= 11 is 0. The van der Waals surface area contributed by atoms with Gasteiger partial charge in [-0.3, -0.25) is 0 Å². The van der Waals surface area contributed by atoms with Gasteiger partial charge in [-0.15, -0.1) is 0 Å². The van der Waals surface area contributed by atoms with Gasteiger partial charge in [-0.1, -0.05) is 0 Å². The Balaban J connectivity index is 1.95. The predicted molar refractivity (Wildman–Crippen MR) is 94.8 cm³/mol. The van der Waals surface area contributed by atoms with Crippen LogP contribution in [-0.2, 0) is 4.74 Å². The Morgan fingerprint density at radius 3 is 2.60 bits per heavy atom. The molecule has 1 aliphatic rings. The van der Waals surface area contributed by atoms with Gasteiger partial charge in [0.05, 0.1) is 11.7 Å². The number of rotatable bonds is 5. The van der Waals surface area contributed by atoms with Crippen molar-refractivity contribution in [2.45, 2.75) is 31.5 Å². The number of carboxylic acids is 1. The molecule has 3 rings (SSSR count). The normalized spacial score (nSPS) is 23.3. The second kappa shape index (κ2) is 7.06. The summed E-state index contributed by atoms with van der Waals surface area (Å²) in [5, 5.41) is 12.5. The molecule has 0 aliphatic carbocycles. The Bertz CT molecular complexity index is 723. The monoisotopic (exact) mass is 342 g/mol. The van der Waals surface area contributed by atoms with Crippen LogP contribution in [0.3, 0.4) is 0 Å². The van der Waals surface area contributed by atoms with Crippen LogP contribution in [0.2, 0.25) is 0 Å². The summed E-state index contributed by atoms with van der Waals surface area (Å²) in [5.41, 5.74) is 0.641. The van der Waals surface area contributed by atoms with Crippen LogP contribution in [0, 0.1) is 0 Å². The molecule has 7 nitrogen and oxygen atoms in total. The Morgan fingerprint density at radius 2 is 2.00 bits per heavy atom. The van der Waals surface area contributed by atoms with E-state index in [1.54, 1.807) is 37.7 Å². The Labute approximate surface area is 146 Å². The third-order valence-electron chi connectivity index (χ3n) is 4.68. The van der Waals surface area contributed by atoms with Gasteiger partial charge in [-0.05, 0) is 50.1 Å². The van der Waals surface area contributed by atoms with Crippen molar-refractivity contribution in [2.75, 3.05) is 23.9 Å². The third-order valence-corrected chi connectivity index (χ3v) is 4.68. The van der Waals surface area contributed by atoms with Crippen LogP contribution < -0.4 is 10.2 Å². The van der Waals surface area contributed by atoms with Crippen LogP contribution in [0.1, 0.15) is 30.1 Å². The van der Waals surface area contributed by atoms with E-state index in [-0.39, 0.29) is 11.7 Å². The van der Waals surface area contributed by atoms with Crippen LogP contribution >= 0.6 is 0 Å². The summed E-state index contributed by atoms with van der Waals surface area (Å²) in [4.78, 5) is 21.8. The summed E-state index contributed by atoms with van der Waals surface area (Å²) in [6.07, 6.45) is 5.21. The first-order chi connectivity index (χ1) is 12.0. The van der Waals surface area contributed by atoms with Gasteiger partial charge in [0.2, 0.25) is 5.95 Å². The molecule has 2 aromatic rings. The number of ether oxygens (including phenoxy) is 1. The number of carboxylic acid groups (broad SMARTS) is 1.